The fraction of sp³-hybridized carbons (Fsp3) is 0.333. The van der Waals surface area contributed by atoms with E-state index in [9.17, 15) is 19.7 Å². The van der Waals surface area contributed by atoms with Crippen molar-refractivity contribution < 1.29 is 19.6 Å². The van der Waals surface area contributed by atoms with Crippen LogP contribution < -0.4 is 5.32 Å². The number of nitro groups is 1. The smallest absolute Gasteiger partial charge is 0.306 e. The van der Waals surface area contributed by atoms with E-state index in [1.54, 1.807) is 0 Å². The number of nitrogens with zero attached hydrogens (tertiary/aromatic N) is 1. The van der Waals surface area contributed by atoms with Crippen LogP contribution in [0, 0.1) is 16.0 Å². The quantitative estimate of drug-likeness (QED) is 0.598. The van der Waals surface area contributed by atoms with Gasteiger partial charge in [0.1, 0.15) is 5.56 Å². The summed E-state index contributed by atoms with van der Waals surface area (Å²) in [6.07, 6.45) is 0.266. The average molecular weight is 266 g/mol. The highest BCUT2D eigenvalue weighted by Gasteiger charge is 2.19. The standard InChI is InChI=1S/C12H14N2O5/c1-8(12(16)17)6-7-13-11(15)9-4-2-3-5-10(9)14(18)19/h2-5,8H,6-7H2,1H3,(H,13,15)(H,16,17). The van der Waals surface area contributed by atoms with Crippen LogP contribution in [0.15, 0.2) is 24.3 Å². The fourth-order valence-corrected chi connectivity index (χ4v) is 1.45. The topological polar surface area (TPSA) is 110 Å². The molecule has 0 aliphatic heterocycles. The first-order valence-electron chi connectivity index (χ1n) is 5.68. The van der Waals surface area contributed by atoms with Crippen LogP contribution in [-0.2, 0) is 4.79 Å². The summed E-state index contributed by atoms with van der Waals surface area (Å²) in [6.45, 7) is 1.68. The van der Waals surface area contributed by atoms with E-state index < -0.39 is 22.7 Å². The number of amides is 1. The molecule has 1 aromatic rings. The highest BCUT2D eigenvalue weighted by atomic mass is 16.6. The summed E-state index contributed by atoms with van der Waals surface area (Å²) >= 11 is 0. The molecule has 7 heteroatoms. The van der Waals surface area contributed by atoms with Gasteiger partial charge >= 0.3 is 5.97 Å². The Labute approximate surface area is 109 Å². The van der Waals surface area contributed by atoms with Crippen LogP contribution in [0.25, 0.3) is 0 Å². The second-order valence-corrected chi connectivity index (χ2v) is 4.06. The molecule has 1 unspecified atom stereocenters. The zero-order valence-corrected chi connectivity index (χ0v) is 10.3. The highest BCUT2D eigenvalue weighted by molar-refractivity contribution is 5.98. The van der Waals surface area contributed by atoms with Crippen molar-refractivity contribution in [1.82, 2.24) is 5.32 Å². The van der Waals surface area contributed by atoms with Crippen molar-refractivity contribution in [3.8, 4) is 0 Å². The zero-order valence-electron chi connectivity index (χ0n) is 10.3. The zero-order chi connectivity index (χ0) is 14.4. The molecule has 0 heterocycles. The molecule has 0 radical (unpaired) electrons. The number of aliphatic carboxylic acids is 1. The fourth-order valence-electron chi connectivity index (χ4n) is 1.45. The molecule has 1 atom stereocenters. The molecule has 0 aromatic heterocycles. The number of carbonyl (C=O) groups excluding carboxylic acids is 1. The maximum Gasteiger partial charge on any atom is 0.306 e. The Morgan fingerprint density at radius 1 is 1.42 bits per heavy atom. The molecule has 0 spiro atoms. The van der Waals surface area contributed by atoms with Gasteiger partial charge < -0.3 is 10.4 Å². The van der Waals surface area contributed by atoms with Gasteiger partial charge in [0, 0.05) is 12.6 Å². The van der Waals surface area contributed by atoms with E-state index in [2.05, 4.69) is 5.32 Å². The number of para-hydroxylation sites is 1. The monoisotopic (exact) mass is 266 g/mol. The molecule has 0 bridgehead atoms. The van der Waals surface area contributed by atoms with Crippen LogP contribution in [0.5, 0.6) is 0 Å². The minimum atomic E-state index is -0.944. The predicted molar refractivity (Wildman–Crippen MR) is 66.8 cm³/mol. The Bertz CT molecular complexity index is 501. The molecule has 1 rings (SSSR count). The summed E-state index contributed by atoms with van der Waals surface area (Å²) in [4.78, 5) is 32.5. The predicted octanol–water partition coefficient (Wildman–Crippen LogP) is 1.44. The molecule has 1 aromatic carbocycles. The molecule has 102 valence electrons. The van der Waals surface area contributed by atoms with Crippen molar-refractivity contribution in [2.75, 3.05) is 6.54 Å². The van der Waals surface area contributed by atoms with E-state index >= 15 is 0 Å². The van der Waals surface area contributed by atoms with E-state index in [0.717, 1.165) is 0 Å². The molecule has 1 amide bonds. The van der Waals surface area contributed by atoms with Gasteiger partial charge in [0.15, 0.2) is 0 Å². The first-order valence-corrected chi connectivity index (χ1v) is 5.68. The number of carbonyl (C=O) groups is 2. The Kier molecular flexibility index (Phi) is 4.99. The van der Waals surface area contributed by atoms with Crippen LogP contribution in [0.1, 0.15) is 23.7 Å². The maximum atomic E-state index is 11.8. The lowest BCUT2D eigenvalue weighted by Gasteiger charge is -2.08. The van der Waals surface area contributed by atoms with Gasteiger partial charge in [-0.1, -0.05) is 19.1 Å². The van der Waals surface area contributed by atoms with Crippen LogP contribution in [0.2, 0.25) is 0 Å². The Morgan fingerprint density at radius 3 is 2.63 bits per heavy atom. The third-order valence-corrected chi connectivity index (χ3v) is 2.63. The Morgan fingerprint density at radius 2 is 2.05 bits per heavy atom. The minimum Gasteiger partial charge on any atom is -0.481 e. The van der Waals surface area contributed by atoms with Gasteiger partial charge in [0.25, 0.3) is 11.6 Å². The number of nitro benzene ring substituents is 1. The summed E-state index contributed by atoms with van der Waals surface area (Å²) in [5.74, 6) is -2.10. The number of rotatable bonds is 6. The van der Waals surface area contributed by atoms with Crippen molar-refractivity contribution >= 4 is 17.6 Å². The molecule has 0 saturated carbocycles. The van der Waals surface area contributed by atoms with Gasteiger partial charge in [-0.15, -0.1) is 0 Å². The second kappa shape index (κ2) is 6.48. The average Bonchev–Trinajstić information content (AvgIpc) is 2.38. The van der Waals surface area contributed by atoms with Crippen LogP contribution in [0.3, 0.4) is 0 Å². The number of hydrogen-bond donors (Lipinski definition) is 2. The lowest BCUT2D eigenvalue weighted by atomic mass is 10.1. The van der Waals surface area contributed by atoms with Gasteiger partial charge in [0.05, 0.1) is 10.8 Å². The Hall–Kier alpha value is -2.44. The molecule has 2 N–H and O–H groups in total. The first kappa shape index (κ1) is 14.6. The largest absolute Gasteiger partial charge is 0.481 e. The van der Waals surface area contributed by atoms with Crippen LogP contribution >= 0.6 is 0 Å². The van der Waals surface area contributed by atoms with Gasteiger partial charge in [-0.05, 0) is 12.5 Å². The first-order chi connectivity index (χ1) is 8.93. The summed E-state index contributed by atoms with van der Waals surface area (Å²) in [5.41, 5.74) is -0.304. The number of carboxylic acids is 1. The van der Waals surface area contributed by atoms with Crippen LogP contribution in [0.4, 0.5) is 5.69 Å². The van der Waals surface area contributed by atoms with E-state index in [1.165, 1.54) is 31.2 Å². The van der Waals surface area contributed by atoms with E-state index in [1.807, 2.05) is 0 Å². The lowest BCUT2D eigenvalue weighted by molar-refractivity contribution is -0.385. The third-order valence-electron chi connectivity index (χ3n) is 2.63. The normalized spacial score (nSPS) is 11.6. The summed E-state index contributed by atoms with van der Waals surface area (Å²) in [6, 6.07) is 5.60. The second-order valence-electron chi connectivity index (χ2n) is 4.06. The molecule has 0 saturated heterocycles. The van der Waals surface area contributed by atoms with Crippen molar-refractivity contribution in [2.45, 2.75) is 13.3 Å². The Balaban J connectivity index is 2.64. The summed E-state index contributed by atoms with van der Waals surface area (Å²) in [7, 11) is 0. The van der Waals surface area contributed by atoms with Crippen molar-refractivity contribution in [3.05, 3.63) is 39.9 Å². The van der Waals surface area contributed by atoms with Crippen LogP contribution in [-0.4, -0.2) is 28.5 Å². The summed E-state index contributed by atoms with van der Waals surface area (Å²) < 4.78 is 0. The molecule has 0 aliphatic rings. The van der Waals surface area contributed by atoms with E-state index in [4.69, 9.17) is 5.11 Å². The number of benzene rings is 1. The third kappa shape index (κ3) is 4.06. The lowest BCUT2D eigenvalue weighted by Crippen LogP contribution is -2.27. The highest BCUT2D eigenvalue weighted by Crippen LogP contribution is 2.17. The number of carboxylic acid groups (broad SMARTS) is 1. The molecular weight excluding hydrogens is 252 g/mol. The SMILES string of the molecule is CC(CCNC(=O)c1ccccc1[N+](=O)[O-])C(=O)O. The molecule has 0 fully saturated rings. The minimum absolute atomic E-state index is 0.0320. The number of nitrogens with one attached hydrogen (secondary N) is 1. The molecule has 7 nitrogen and oxygen atoms in total. The summed E-state index contributed by atoms with van der Waals surface area (Å²) in [5, 5.41) is 21.9. The molecular formula is C12H14N2O5. The molecule has 19 heavy (non-hydrogen) atoms. The maximum absolute atomic E-state index is 11.8. The number of hydrogen-bond acceptors (Lipinski definition) is 4. The van der Waals surface area contributed by atoms with Gasteiger partial charge in [-0.2, -0.15) is 0 Å². The van der Waals surface area contributed by atoms with Gasteiger partial charge in [-0.3, -0.25) is 19.7 Å². The van der Waals surface area contributed by atoms with Crippen molar-refractivity contribution in [2.24, 2.45) is 5.92 Å². The van der Waals surface area contributed by atoms with E-state index in [-0.39, 0.29) is 24.2 Å². The van der Waals surface area contributed by atoms with Gasteiger partial charge in [-0.25, -0.2) is 0 Å². The van der Waals surface area contributed by atoms with E-state index in [0.29, 0.717) is 0 Å². The van der Waals surface area contributed by atoms with Gasteiger partial charge in [0.2, 0.25) is 0 Å². The van der Waals surface area contributed by atoms with Crippen molar-refractivity contribution in [3.63, 3.8) is 0 Å². The van der Waals surface area contributed by atoms with Crippen molar-refractivity contribution in [1.29, 1.82) is 0 Å². The molecule has 0 aliphatic carbocycles.